The standard InChI is InChI=1S/C11H13NO2/c1-9(8-12-11(13)14-2)10-6-4-3-5-7-10/h3-8H,1-2H3,(H,12,13)/b9-8+. The Labute approximate surface area is 83.4 Å². The van der Waals surface area contributed by atoms with Gasteiger partial charge in [0.25, 0.3) is 0 Å². The lowest BCUT2D eigenvalue weighted by Gasteiger charge is -2.01. The second-order valence-electron chi connectivity index (χ2n) is 2.83. The number of methoxy groups -OCH3 is 1. The zero-order valence-corrected chi connectivity index (χ0v) is 8.28. The van der Waals surface area contributed by atoms with Gasteiger partial charge in [0.1, 0.15) is 0 Å². The number of hydrogen-bond donors (Lipinski definition) is 1. The fraction of sp³-hybridized carbons (Fsp3) is 0.182. The molecule has 0 fully saturated rings. The summed E-state index contributed by atoms with van der Waals surface area (Å²) in [5.74, 6) is 0. The van der Waals surface area contributed by atoms with E-state index in [-0.39, 0.29) is 0 Å². The Hall–Kier alpha value is -1.77. The van der Waals surface area contributed by atoms with Crippen LogP contribution >= 0.6 is 0 Å². The molecule has 1 N–H and O–H groups in total. The van der Waals surface area contributed by atoms with Crippen LogP contribution in [-0.4, -0.2) is 13.2 Å². The number of carbonyl (C=O) groups is 1. The summed E-state index contributed by atoms with van der Waals surface area (Å²) in [4.78, 5) is 10.8. The van der Waals surface area contributed by atoms with Crippen LogP contribution in [0.1, 0.15) is 12.5 Å². The third kappa shape index (κ3) is 2.94. The lowest BCUT2D eigenvalue weighted by molar-refractivity contribution is 0.175. The van der Waals surface area contributed by atoms with E-state index in [0.717, 1.165) is 11.1 Å². The van der Waals surface area contributed by atoms with Crippen LogP contribution in [0.5, 0.6) is 0 Å². The lowest BCUT2D eigenvalue weighted by Crippen LogP contribution is -2.16. The second-order valence-corrected chi connectivity index (χ2v) is 2.83. The van der Waals surface area contributed by atoms with Crippen molar-refractivity contribution >= 4 is 11.7 Å². The molecule has 0 radical (unpaired) electrons. The molecule has 74 valence electrons. The van der Waals surface area contributed by atoms with Crippen LogP contribution < -0.4 is 5.32 Å². The summed E-state index contributed by atoms with van der Waals surface area (Å²) in [7, 11) is 1.33. The predicted octanol–water partition coefficient (Wildman–Crippen LogP) is 2.40. The highest BCUT2D eigenvalue weighted by atomic mass is 16.5. The number of rotatable bonds is 2. The van der Waals surface area contributed by atoms with E-state index >= 15 is 0 Å². The maximum absolute atomic E-state index is 10.8. The third-order valence-electron chi connectivity index (χ3n) is 1.82. The van der Waals surface area contributed by atoms with E-state index in [9.17, 15) is 4.79 Å². The number of nitrogens with one attached hydrogen (secondary N) is 1. The Balaban J connectivity index is 2.66. The molecule has 1 rings (SSSR count). The number of hydrogen-bond acceptors (Lipinski definition) is 2. The van der Waals surface area contributed by atoms with Crippen molar-refractivity contribution in [2.24, 2.45) is 0 Å². The molecule has 1 amide bonds. The first-order chi connectivity index (χ1) is 6.74. The Bertz CT molecular complexity index is 330. The van der Waals surface area contributed by atoms with Crippen molar-refractivity contribution in [3.63, 3.8) is 0 Å². The van der Waals surface area contributed by atoms with E-state index < -0.39 is 6.09 Å². The highest BCUT2D eigenvalue weighted by Crippen LogP contribution is 2.10. The summed E-state index contributed by atoms with van der Waals surface area (Å²) in [6, 6.07) is 9.80. The zero-order valence-electron chi connectivity index (χ0n) is 8.28. The zero-order chi connectivity index (χ0) is 10.4. The van der Waals surface area contributed by atoms with Crippen molar-refractivity contribution in [3.8, 4) is 0 Å². The van der Waals surface area contributed by atoms with Gasteiger partial charge in [-0.15, -0.1) is 0 Å². The number of alkyl carbamates (subject to hydrolysis) is 1. The van der Waals surface area contributed by atoms with E-state index in [0.29, 0.717) is 0 Å². The van der Waals surface area contributed by atoms with Gasteiger partial charge in [0.15, 0.2) is 0 Å². The maximum Gasteiger partial charge on any atom is 0.410 e. The molecule has 0 saturated carbocycles. The van der Waals surface area contributed by atoms with E-state index in [1.807, 2.05) is 37.3 Å². The molecule has 0 spiro atoms. The van der Waals surface area contributed by atoms with Gasteiger partial charge in [-0.3, -0.25) is 5.32 Å². The molecule has 14 heavy (non-hydrogen) atoms. The monoisotopic (exact) mass is 191 g/mol. The molecule has 0 bridgehead atoms. The summed E-state index contributed by atoms with van der Waals surface area (Å²) in [6.45, 7) is 1.92. The van der Waals surface area contributed by atoms with Crippen LogP contribution in [-0.2, 0) is 4.74 Å². The summed E-state index contributed by atoms with van der Waals surface area (Å²) < 4.78 is 4.44. The first-order valence-corrected chi connectivity index (χ1v) is 4.30. The predicted molar refractivity (Wildman–Crippen MR) is 55.6 cm³/mol. The van der Waals surface area contributed by atoms with Gasteiger partial charge in [0.05, 0.1) is 7.11 Å². The highest BCUT2D eigenvalue weighted by molar-refractivity contribution is 5.72. The molecule has 0 aliphatic carbocycles. The number of allylic oxidation sites excluding steroid dienone is 1. The molecule has 0 heterocycles. The Morgan fingerprint density at radius 1 is 1.36 bits per heavy atom. The quantitative estimate of drug-likeness (QED) is 0.779. The van der Waals surface area contributed by atoms with Gasteiger partial charge in [-0.2, -0.15) is 0 Å². The van der Waals surface area contributed by atoms with Crippen LogP contribution in [0.2, 0.25) is 0 Å². The minimum Gasteiger partial charge on any atom is -0.453 e. The van der Waals surface area contributed by atoms with Crippen molar-refractivity contribution < 1.29 is 9.53 Å². The largest absolute Gasteiger partial charge is 0.453 e. The average Bonchev–Trinajstić information content (AvgIpc) is 2.26. The van der Waals surface area contributed by atoms with Gasteiger partial charge in [-0.05, 0) is 18.1 Å². The fourth-order valence-electron chi connectivity index (χ4n) is 1.01. The molecule has 3 nitrogen and oxygen atoms in total. The highest BCUT2D eigenvalue weighted by Gasteiger charge is 1.96. The van der Waals surface area contributed by atoms with Gasteiger partial charge < -0.3 is 4.74 Å². The first-order valence-electron chi connectivity index (χ1n) is 4.30. The van der Waals surface area contributed by atoms with Gasteiger partial charge in [0, 0.05) is 6.20 Å². The Morgan fingerprint density at radius 2 is 2.00 bits per heavy atom. The normalized spacial score (nSPS) is 10.9. The lowest BCUT2D eigenvalue weighted by atomic mass is 10.1. The fourth-order valence-corrected chi connectivity index (χ4v) is 1.01. The maximum atomic E-state index is 10.8. The summed E-state index contributed by atoms with van der Waals surface area (Å²) in [6.07, 6.45) is 1.17. The molecular weight excluding hydrogens is 178 g/mol. The van der Waals surface area contributed by atoms with E-state index in [1.54, 1.807) is 6.20 Å². The molecule has 0 unspecified atom stereocenters. The number of benzene rings is 1. The molecule has 3 heteroatoms. The molecule has 0 aliphatic heterocycles. The summed E-state index contributed by atoms with van der Waals surface area (Å²) in [5, 5.41) is 2.51. The molecule has 0 atom stereocenters. The topological polar surface area (TPSA) is 38.3 Å². The van der Waals surface area contributed by atoms with Crippen LogP contribution in [0.15, 0.2) is 36.5 Å². The van der Waals surface area contributed by atoms with E-state index in [2.05, 4.69) is 10.1 Å². The molecular formula is C11H13NO2. The molecule has 1 aromatic carbocycles. The molecule has 0 aromatic heterocycles. The van der Waals surface area contributed by atoms with Crippen molar-refractivity contribution in [3.05, 3.63) is 42.1 Å². The second kappa shape index (κ2) is 5.07. The van der Waals surface area contributed by atoms with Crippen LogP contribution in [0, 0.1) is 0 Å². The smallest absolute Gasteiger partial charge is 0.410 e. The summed E-state index contributed by atoms with van der Waals surface area (Å²) in [5.41, 5.74) is 2.06. The average molecular weight is 191 g/mol. The van der Waals surface area contributed by atoms with Crippen molar-refractivity contribution in [1.82, 2.24) is 5.32 Å². The van der Waals surface area contributed by atoms with Gasteiger partial charge in [0.2, 0.25) is 0 Å². The SMILES string of the molecule is COC(=O)N/C=C(\C)c1ccccc1. The minimum absolute atomic E-state index is 0.458. The minimum atomic E-state index is -0.458. The van der Waals surface area contributed by atoms with Crippen LogP contribution in [0.3, 0.4) is 0 Å². The van der Waals surface area contributed by atoms with Gasteiger partial charge in [-0.1, -0.05) is 30.3 Å². The third-order valence-corrected chi connectivity index (χ3v) is 1.82. The van der Waals surface area contributed by atoms with E-state index in [1.165, 1.54) is 7.11 Å². The van der Waals surface area contributed by atoms with Crippen LogP contribution in [0.4, 0.5) is 4.79 Å². The van der Waals surface area contributed by atoms with Crippen molar-refractivity contribution in [2.45, 2.75) is 6.92 Å². The van der Waals surface area contributed by atoms with Gasteiger partial charge in [-0.25, -0.2) is 4.79 Å². The van der Waals surface area contributed by atoms with Crippen LogP contribution in [0.25, 0.3) is 5.57 Å². The van der Waals surface area contributed by atoms with E-state index in [4.69, 9.17) is 0 Å². The number of ether oxygens (including phenoxy) is 1. The summed E-state index contributed by atoms with van der Waals surface area (Å²) >= 11 is 0. The first kappa shape index (κ1) is 10.3. The Kier molecular flexibility index (Phi) is 3.73. The number of amides is 1. The Morgan fingerprint density at radius 3 is 2.57 bits per heavy atom. The molecule has 0 saturated heterocycles. The van der Waals surface area contributed by atoms with Crippen molar-refractivity contribution in [1.29, 1.82) is 0 Å². The molecule has 1 aromatic rings. The van der Waals surface area contributed by atoms with Crippen molar-refractivity contribution in [2.75, 3.05) is 7.11 Å². The number of carbonyl (C=O) groups excluding carboxylic acids is 1. The molecule has 0 aliphatic rings. The van der Waals surface area contributed by atoms with Gasteiger partial charge >= 0.3 is 6.09 Å².